The molecule has 4 nitrogen and oxygen atoms in total. The van der Waals surface area contributed by atoms with Gasteiger partial charge in [-0.25, -0.2) is 0 Å². The van der Waals surface area contributed by atoms with Crippen molar-refractivity contribution in [3.8, 4) is 11.5 Å². The Balaban J connectivity index is 0.00000220. The molecule has 1 aromatic carbocycles. The van der Waals surface area contributed by atoms with E-state index in [0.29, 0.717) is 6.04 Å². The van der Waals surface area contributed by atoms with Gasteiger partial charge in [0, 0.05) is 19.1 Å². The molecule has 21 heavy (non-hydrogen) atoms. The second-order valence-electron chi connectivity index (χ2n) is 5.14. The monoisotopic (exact) mass is 378 g/mol. The summed E-state index contributed by atoms with van der Waals surface area (Å²) in [5, 5.41) is 3.38. The van der Waals surface area contributed by atoms with E-state index in [2.05, 4.69) is 32.2 Å². The summed E-state index contributed by atoms with van der Waals surface area (Å²) in [4.78, 5) is 2.48. The Bertz CT molecular complexity index is 460. The van der Waals surface area contributed by atoms with Gasteiger partial charge in [0.1, 0.15) is 0 Å². The van der Waals surface area contributed by atoms with Gasteiger partial charge < -0.3 is 14.8 Å². The maximum absolute atomic E-state index is 5.44. The summed E-state index contributed by atoms with van der Waals surface area (Å²) >= 11 is 3.64. The van der Waals surface area contributed by atoms with Crippen LogP contribution in [0.3, 0.4) is 0 Å². The van der Waals surface area contributed by atoms with E-state index >= 15 is 0 Å². The van der Waals surface area contributed by atoms with Crippen molar-refractivity contribution < 1.29 is 9.47 Å². The molecule has 1 saturated heterocycles. The van der Waals surface area contributed by atoms with Crippen molar-refractivity contribution in [2.45, 2.75) is 25.4 Å². The van der Waals surface area contributed by atoms with Crippen LogP contribution in [0.25, 0.3) is 0 Å². The lowest BCUT2D eigenvalue weighted by Crippen LogP contribution is -2.43. The summed E-state index contributed by atoms with van der Waals surface area (Å²) in [6, 6.07) is 4.68. The van der Waals surface area contributed by atoms with Crippen LogP contribution in [0, 0.1) is 0 Å². The summed E-state index contributed by atoms with van der Waals surface area (Å²) in [7, 11) is 5.37. The summed E-state index contributed by atoms with van der Waals surface area (Å²) in [6.07, 6.45) is 2.51. The third kappa shape index (κ3) is 4.49. The highest BCUT2D eigenvalue weighted by Gasteiger charge is 2.20. The minimum absolute atomic E-state index is 0. The number of hydrogen-bond acceptors (Lipinski definition) is 4. The maximum Gasteiger partial charge on any atom is 0.175 e. The number of halogens is 2. The van der Waals surface area contributed by atoms with E-state index in [9.17, 15) is 0 Å². The van der Waals surface area contributed by atoms with Crippen LogP contribution in [0.15, 0.2) is 16.6 Å². The Labute approximate surface area is 141 Å². The topological polar surface area (TPSA) is 33.7 Å². The highest BCUT2D eigenvalue weighted by molar-refractivity contribution is 9.10. The molecule has 1 fully saturated rings. The molecule has 1 heterocycles. The number of likely N-dealkylation sites (tertiary alicyclic amines) is 1. The van der Waals surface area contributed by atoms with Crippen LogP contribution in [-0.4, -0.2) is 45.3 Å². The Morgan fingerprint density at radius 2 is 2.10 bits per heavy atom. The lowest BCUT2D eigenvalue weighted by Gasteiger charge is -2.32. The predicted octanol–water partition coefficient (Wildman–Crippen LogP) is 3.07. The van der Waals surface area contributed by atoms with Crippen LogP contribution in [0.2, 0.25) is 0 Å². The van der Waals surface area contributed by atoms with Gasteiger partial charge in [0.2, 0.25) is 0 Å². The van der Waals surface area contributed by atoms with E-state index in [0.717, 1.165) is 35.6 Å². The van der Waals surface area contributed by atoms with E-state index in [1.54, 1.807) is 14.2 Å². The van der Waals surface area contributed by atoms with Crippen molar-refractivity contribution in [1.82, 2.24) is 10.2 Å². The average Bonchev–Trinajstić information content (AvgIpc) is 2.49. The number of nitrogens with zero attached hydrogens (tertiary/aromatic N) is 1. The summed E-state index contributed by atoms with van der Waals surface area (Å²) in [5.41, 5.74) is 1.24. The first-order valence-corrected chi connectivity index (χ1v) is 7.77. The Kier molecular flexibility index (Phi) is 7.81. The first kappa shape index (κ1) is 18.6. The smallest absolute Gasteiger partial charge is 0.175 e. The molecule has 1 atom stereocenters. The van der Waals surface area contributed by atoms with Crippen LogP contribution in [-0.2, 0) is 6.54 Å². The fraction of sp³-hybridized carbons (Fsp3) is 0.600. The number of hydrogen-bond donors (Lipinski definition) is 1. The third-order valence-corrected chi connectivity index (χ3v) is 4.74. The largest absolute Gasteiger partial charge is 0.493 e. The fourth-order valence-corrected chi connectivity index (χ4v) is 3.34. The normalized spacial score (nSPS) is 19.0. The number of likely N-dealkylation sites (N-methyl/N-ethyl adjacent to an activating group) is 1. The van der Waals surface area contributed by atoms with Gasteiger partial charge in [-0.2, -0.15) is 0 Å². The van der Waals surface area contributed by atoms with Crippen molar-refractivity contribution in [3.63, 3.8) is 0 Å². The highest BCUT2D eigenvalue weighted by Crippen LogP contribution is 2.38. The SMILES string of the molecule is CNC1CCCN(Cc2ccc(OC)c(OC)c2Br)C1.Cl. The minimum Gasteiger partial charge on any atom is -0.493 e. The first-order chi connectivity index (χ1) is 9.69. The molecular formula is C15H24BrClN2O2. The van der Waals surface area contributed by atoms with E-state index in [1.807, 2.05) is 13.1 Å². The summed E-state index contributed by atoms with van der Waals surface area (Å²) in [5.74, 6) is 1.53. The molecule has 0 spiro atoms. The van der Waals surface area contributed by atoms with E-state index < -0.39 is 0 Å². The number of methoxy groups -OCH3 is 2. The van der Waals surface area contributed by atoms with E-state index in [1.165, 1.54) is 18.4 Å². The lowest BCUT2D eigenvalue weighted by atomic mass is 10.0. The molecule has 1 unspecified atom stereocenters. The Hall–Kier alpha value is -0.490. The molecule has 1 aromatic rings. The minimum atomic E-state index is 0. The van der Waals surface area contributed by atoms with Crippen molar-refractivity contribution in [2.24, 2.45) is 0 Å². The average molecular weight is 380 g/mol. The maximum atomic E-state index is 5.44. The predicted molar refractivity (Wildman–Crippen MR) is 91.9 cm³/mol. The van der Waals surface area contributed by atoms with Crippen molar-refractivity contribution >= 4 is 28.3 Å². The van der Waals surface area contributed by atoms with Crippen LogP contribution < -0.4 is 14.8 Å². The molecular weight excluding hydrogens is 356 g/mol. The summed E-state index contributed by atoms with van der Waals surface area (Å²) < 4.78 is 11.7. The molecule has 0 aromatic heterocycles. The standard InChI is InChI=1S/C15H23BrN2O2.ClH/c1-17-12-5-4-8-18(10-12)9-11-6-7-13(19-2)15(20-3)14(11)16;/h6-7,12,17H,4-5,8-10H2,1-3H3;1H. The second-order valence-corrected chi connectivity index (χ2v) is 5.93. The van der Waals surface area contributed by atoms with Crippen molar-refractivity contribution in [3.05, 3.63) is 22.2 Å². The third-order valence-electron chi connectivity index (χ3n) is 3.87. The van der Waals surface area contributed by atoms with Gasteiger partial charge >= 0.3 is 0 Å². The van der Waals surface area contributed by atoms with Gasteiger partial charge in [0.05, 0.1) is 18.7 Å². The summed E-state index contributed by atoms with van der Waals surface area (Å²) in [6.45, 7) is 3.18. The van der Waals surface area contributed by atoms with Gasteiger partial charge in [0.15, 0.2) is 11.5 Å². The second kappa shape index (κ2) is 8.83. The van der Waals surface area contributed by atoms with Crippen LogP contribution in [0.5, 0.6) is 11.5 Å². The van der Waals surface area contributed by atoms with Gasteiger partial charge in [0.25, 0.3) is 0 Å². The van der Waals surface area contributed by atoms with Gasteiger partial charge in [-0.15, -0.1) is 12.4 Å². The zero-order valence-electron chi connectivity index (χ0n) is 12.8. The number of rotatable bonds is 5. The molecule has 0 radical (unpaired) electrons. The van der Waals surface area contributed by atoms with Crippen molar-refractivity contribution in [1.29, 1.82) is 0 Å². The first-order valence-electron chi connectivity index (χ1n) is 6.98. The molecule has 6 heteroatoms. The molecule has 0 aliphatic carbocycles. The zero-order valence-corrected chi connectivity index (χ0v) is 15.2. The van der Waals surface area contributed by atoms with E-state index in [-0.39, 0.29) is 12.4 Å². The van der Waals surface area contributed by atoms with E-state index in [4.69, 9.17) is 9.47 Å². The Morgan fingerprint density at radius 1 is 1.33 bits per heavy atom. The Morgan fingerprint density at radius 3 is 2.71 bits per heavy atom. The molecule has 0 bridgehead atoms. The molecule has 120 valence electrons. The lowest BCUT2D eigenvalue weighted by molar-refractivity contribution is 0.187. The molecule has 1 N–H and O–H groups in total. The highest BCUT2D eigenvalue weighted by atomic mass is 79.9. The molecule has 1 aliphatic rings. The van der Waals surface area contributed by atoms with Gasteiger partial charge in [-0.1, -0.05) is 6.07 Å². The fourth-order valence-electron chi connectivity index (χ4n) is 2.73. The number of nitrogens with one attached hydrogen (secondary N) is 1. The number of benzene rings is 1. The number of ether oxygens (including phenoxy) is 2. The van der Waals surface area contributed by atoms with Crippen LogP contribution in [0.1, 0.15) is 18.4 Å². The quantitative estimate of drug-likeness (QED) is 0.852. The number of piperidine rings is 1. The van der Waals surface area contributed by atoms with Crippen LogP contribution in [0.4, 0.5) is 0 Å². The molecule has 0 amide bonds. The van der Waals surface area contributed by atoms with Gasteiger partial charge in [-0.3, -0.25) is 4.90 Å². The zero-order chi connectivity index (χ0) is 14.5. The molecule has 0 saturated carbocycles. The van der Waals surface area contributed by atoms with Crippen molar-refractivity contribution in [2.75, 3.05) is 34.4 Å². The van der Waals surface area contributed by atoms with Crippen LogP contribution >= 0.6 is 28.3 Å². The molecule has 2 rings (SSSR count). The molecule has 1 aliphatic heterocycles. The van der Waals surface area contributed by atoms with Gasteiger partial charge in [-0.05, 0) is 54.0 Å².